The molecule has 2 aliphatic rings. The molecule has 0 aromatic carbocycles. The van der Waals surface area contributed by atoms with Crippen LogP contribution < -0.4 is 0 Å². The topological polar surface area (TPSA) is 56.9 Å². The van der Waals surface area contributed by atoms with Crippen LogP contribution in [0, 0.1) is 13.8 Å². The van der Waals surface area contributed by atoms with Gasteiger partial charge in [-0.25, -0.2) is 0 Å². The Bertz CT molecular complexity index is 561. The number of piperazine rings is 1. The molecule has 1 aliphatic heterocycles. The second kappa shape index (κ2) is 6.65. The predicted octanol–water partition coefficient (Wildman–Crippen LogP) is 2.06. The Labute approximate surface area is 138 Å². The molecule has 1 saturated heterocycles. The van der Waals surface area contributed by atoms with E-state index in [-0.39, 0.29) is 17.9 Å². The molecule has 1 saturated carbocycles. The van der Waals surface area contributed by atoms with Crippen molar-refractivity contribution in [3.63, 3.8) is 0 Å². The Hall–Kier alpha value is -1.33. The Morgan fingerprint density at radius 3 is 2.48 bits per heavy atom. The van der Waals surface area contributed by atoms with Crippen LogP contribution in [-0.2, 0) is 4.79 Å². The number of nitrogens with zero attached hydrogens (tertiary/aromatic N) is 2. The summed E-state index contributed by atoms with van der Waals surface area (Å²) >= 11 is 0. The van der Waals surface area contributed by atoms with Crippen LogP contribution in [0.15, 0.2) is 10.5 Å². The molecule has 5 nitrogen and oxygen atoms in total. The molecular weight excluding hydrogens is 292 g/mol. The Morgan fingerprint density at radius 1 is 1.26 bits per heavy atom. The molecule has 0 radical (unpaired) electrons. The summed E-state index contributed by atoms with van der Waals surface area (Å²) in [6, 6.07) is 2.27. The number of aliphatic hydroxyl groups is 1. The fourth-order valence-corrected chi connectivity index (χ4v) is 4.11. The van der Waals surface area contributed by atoms with Crippen LogP contribution in [0.25, 0.3) is 0 Å². The summed E-state index contributed by atoms with van der Waals surface area (Å²) in [5.41, 5.74) is 1.00. The van der Waals surface area contributed by atoms with Crippen molar-refractivity contribution in [1.29, 1.82) is 0 Å². The van der Waals surface area contributed by atoms with Crippen LogP contribution in [-0.4, -0.2) is 59.1 Å². The van der Waals surface area contributed by atoms with Crippen molar-refractivity contribution >= 4 is 5.91 Å². The zero-order valence-corrected chi connectivity index (χ0v) is 14.4. The zero-order valence-electron chi connectivity index (χ0n) is 14.4. The highest BCUT2D eigenvalue weighted by Gasteiger charge is 2.34. The van der Waals surface area contributed by atoms with E-state index in [4.69, 9.17) is 4.42 Å². The standard InChI is InChI=1S/C18H28N2O3/c1-12-11-15(14(3)23-12)13(2)18(22)20-9-7-19(8-10-20)16-5-4-6-17(16)21/h11,13,16-17,21H,4-10H2,1-3H3/t13-,16-,17-/m0/s1. The summed E-state index contributed by atoms with van der Waals surface area (Å²) in [7, 11) is 0. The maximum absolute atomic E-state index is 12.8. The van der Waals surface area contributed by atoms with Gasteiger partial charge in [0.15, 0.2) is 0 Å². The van der Waals surface area contributed by atoms with Crippen LogP contribution in [0.1, 0.15) is 49.2 Å². The number of furan rings is 1. The molecule has 128 valence electrons. The quantitative estimate of drug-likeness (QED) is 0.926. The normalized spacial score (nSPS) is 27.4. The molecule has 0 unspecified atom stereocenters. The second-order valence-electron chi connectivity index (χ2n) is 7.02. The van der Waals surface area contributed by atoms with E-state index in [2.05, 4.69) is 4.90 Å². The van der Waals surface area contributed by atoms with Crippen LogP contribution in [0.2, 0.25) is 0 Å². The number of aryl methyl sites for hydroxylation is 2. The summed E-state index contributed by atoms with van der Waals surface area (Å²) in [5.74, 6) is 1.73. The van der Waals surface area contributed by atoms with Crippen LogP contribution in [0.4, 0.5) is 0 Å². The first-order valence-corrected chi connectivity index (χ1v) is 8.75. The lowest BCUT2D eigenvalue weighted by molar-refractivity contribution is -0.134. The number of carbonyl (C=O) groups excluding carboxylic acids is 1. The summed E-state index contributed by atoms with van der Waals surface area (Å²) in [6.45, 7) is 9.04. The molecule has 2 heterocycles. The third kappa shape index (κ3) is 3.31. The van der Waals surface area contributed by atoms with E-state index in [1.165, 1.54) is 0 Å². The number of hydrogen-bond acceptors (Lipinski definition) is 4. The molecule has 1 aromatic rings. The van der Waals surface area contributed by atoms with Crippen molar-refractivity contribution in [3.8, 4) is 0 Å². The lowest BCUT2D eigenvalue weighted by atomic mass is 9.99. The van der Waals surface area contributed by atoms with Crippen molar-refractivity contribution in [2.45, 2.75) is 58.1 Å². The average Bonchev–Trinajstić information content (AvgIpc) is 3.11. The molecule has 3 rings (SSSR count). The average molecular weight is 320 g/mol. The highest BCUT2D eigenvalue weighted by Crippen LogP contribution is 2.27. The van der Waals surface area contributed by atoms with E-state index in [9.17, 15) is 9.90 Å². The Kier molecular flexibility index (Phi) is 4.78. The minimum absolute atomic E-state index is 0.156. The molecule has 0 bridgehead atoms. The molecular formula is C18H28N2O3. The monoisotopic (exact) mass is 320 g/mol. The van der Waals surface area contributed by atoms with Gasteiger partial charge in [0, 0.05) is 37.8 Å². The highest BCUT2D eigenvalue weighted by atomic mass is 16.3. The van der Waals surface area contributed by atoms with Gasteiger partial charge in [-0.05, 0) is 46.1 Å². The smallest absolute Gasteiger partial charge is 0.230 e. The van der Waals surface area contributed by atoms with E-state index in [1.807, 2.05) is 31.7 Å². The molecule has 1 amide bonds. The lowest BCUT2D eigenvalue weighted by Gasteiger charge is -2.39. The third-order valence-electron chi connectivity index (χ3n) is 5.46. The van der Waals surface area contributed by atoms with Crippen molar-refractivity contribution in [3.05, 3.63) is 23.2 Å². The number of carbonyl (C=O) groups is 1. The Morgan fingerprint density at radius 2 is 1.96 bits per heavy atom. The second-order valence-corrected chi connectivity index (χ2v) is 7.02. The molecule has 3 atom stereocenters. The largest absolute Gasteiger partial charge is 0.466 e. The van der Waals surface area contributed by atoms with E-state index in [0.717, 1.165) is 62.5 Å². The van der Waals surface area contributed by atoms with Gasteiger partial charge < -0.3 is 14.4 Å². The molecule has 1 aromatic heterocycles. The van der Waals surface area contributed by atoms with Crippen molar-refractivity contribution in [2.75, 3.05) is 26.2 Å². The number of amides is 1. The van der Waals surface area contributed by atoms with Crippen molar-refractivity contribution < 1.29 is 14.3 Å². The minimum Gasteiger partial charge on any atom is -0.466 e. The third-order valence-corrected chi connectivity index (χ3v) is 5.46. The number of aliphatic hydroxyl groups excluding tert-OH is 1. The highest BCUT2D eigenvalue weighted by molar-refractivity contribution is 5.83. The van der Waals surface area contributed by atoms with Gasteiger partial charge in [-0.1, -0.05) is 0 Å². The van der Waals surface area contributed by atoms with Gasteiger partial charge in [0.1, 0.15) is 11.5 Å². The van der Waals surface area contributed by atoms with E-state index >= 15 is 0 Å². The molecule has 2 fully saturated rings. The van der Waals surface area contributed by atoms with Gasteiger partial charge in [0.25, 0.3) is 0 Å². The van der Waals surface area contributed by atoms with Gasteiger partial charge in [0.2, 0.25) is 5.91 Å². The first kappa shape index (κ1) is 16.5. The van der Waals surface area contributed by atoms with Gasteiger partial charge in [-0.15, -0.1) is 0 Å². The van der Waals surface area contributed by atoms with Gasteiger partial charge in [-0.2, -0.15) is 0 Å². The number of hydrogen-bond donors (Lipinski definition) is 1. The first-order chi connectivity index (χ1) is 11.0. The fraction of sp³-hybridized carbons (Fsp3) is 0.722. The van der Waals surface area contributed by atoms with Crippen molar-refractivity contribution in [1.82, 2.24) is 9.80 Å². The summed E-state index contributed by atoms with van der Waals surface area (Å²) in [4.78, 5) is 17.1. The van der Waals surface area contributed by atoms with Gasteiger partial charge in [-0.3, -0.25) is 9.69 Å². The van der Waals surface area contributed by atoms with Crippen LogP contribution in [0.5, 0.6) is 0 Å². The van der Waals surface area contributed by atoms with Gasteiger partial charge in [0.05, 0.1) is 12.0 Å². The van der Waals surface area contributed by atoms with E-state index in [1.54, 1.807) is 0 Å². The first-order valence-electron chi connectivity index (χ1n) is 8.75. The predicted molar refractivity (Wildman–Crippen MR) is 88.4 cm³/mol. The fourth-order valence-electron chi connectivity index (χ4n) is 4.11. The summed E-state index contributed by atoms with van der Waals surface area (Å²) in [6.07, 6.45) is 2.92. The lowest BCUT2D eigenvalue weighted by Crippen LogP contribution is -2.54. The zero-order chi connectivity index (χ0) is 16.6. The SMILES string of the molecule is Cc1cc([C@H](C)C(=O)N2CCN([C@H]3CCC[C@@H]3O)CC2)c(C)o1. The van der Waals surface area contributed by atoms with Crippen LogP contribution >= 0.6 is 0 Å². The maximum Gasteiger partial charge on any atom is 0.230 e. The minimum atomic E-state index is -0.187. The Balaban J connectivity index is 1.58. The molecule has 1 aliphatic carbocycles. The van der Waals surface area contributed by atoms with E-state index in [0.29, 0.717) is 6.04 Å². The van der Waals surface area contributed by atoms with Crippen LogP contribution in [0.3, 0.4) is 0 Å². The van der Waals surface area contributed by atoms with Crippen molar-refractivity contribution in [2.24, 2.45) is 0 Å². The molecule has 0 spiro atoms. The molecule has 1 N–H and O–H groups in total. The molecule has 5 heteroatoms. The summed E-state index contributed by atoms with van der Waals surface area (Å²) < 4.78 is 5.56. The maximum atomic E-state index is 12.8. The van der Waals surface area contributed by atoms with Gasteiger partial charge >= 0.3 is 0 Å². The molecule has 23 heavy (non-hydrogen) atoms. The van der Waals surface area contributed by atoms with E-state index < -0.39 is 0 Å². The summed E-state index contributed by atoms with van der Waals surface area (Å²) in [5, 5.41) is 10.1. The number of rotatable bonds is 3.